The maximum atomic E-state index is 11.6. The molecule has 1 aliphatic heterocycles. The van der Waals surface area contributed by atoms with Crippen molar-refractivity contribution in [2.24, 2.45) is 0 Å². The Hall–Kier alpha value is -1.63. The smallest absolute Gasteiger partial charge is 0.409 e. The van der Waals surface area contributed by atoms with Gasteiger partial charge in [0, 0.05) is 24.0 Å². The van der Waals surface area contributed by atoms with Gasteiger partial charge in [0.2, 0.25) is 5.91 Å². The van der Waals surface area contributed by atoms with Gasteiger partial charge in [0.1, 0.15) is 6.61 Å². The summed E-state index contributed by atoms with van der Waals surface area (Å²) in [5.74, 6) is -0.0723. The zero-order valence-electron chi connectivity index (χ0n) is 10.1. The molecule has 2 heterocycles. The molecule has 18 heavy (non-hydrogen) atoms. The summed E-state index contributed by atoms with van der Waals surface area (Å²) in [5.41, 5.74) is 0. The van der Waals surface area contributed by atoms with E-state index < -0.39 is 0 Å². The summed E-state index contributed by atoms with van der Waals surface area (Å²) in [7, 11) is 0. The van der Waals surface area contributed by atoms with Gasteiger partial charge in [0.25, 0.3) is 0 Å². The molecule has 1 N–H and O–H groups in total. The lowest BCUT2D eigenvalue weighted by atomic mass is 10.3. The average molecular weight is 269 g/mol. The fourth-order valence-corrected chi connectivity index (χ4v) is 2.33. The number of thiazole rings is 1. The quantitative estimate of drug-likeness (QED) is 0.881. The van der Waals surface area contributed by atoms with E-state index in [1.54, 1.807) is 11.1 Å². The molecule has 2 rings (SSSR count). The Morgan fingerprint density at radius 2 is 2.50 bits per heavy atom. The minimum atomic E-state index is -0.286. The number of nitrogens with one attached hydrogen (secondary N) is 1. The first kappa shape index (κ1) is 12.8. The Balaban J connectivity index is 1.67. The van der Waals surface area contributed by atoms with Gasteiger partial charge in [-0.25, -0.2) is 9.78 Å². The van der Waals surface area contributed by atoms with Gasteiger partial charge in [-0.2, -0.15) is 0 Å². The third-order valence-corrected chi connectivity index (χ3v) is 3.37. The third kappa shape index (κ3) is 3.43. The van der Waals surface area contributed by atoms with E-state index in [4.69, 9.17) is 4.74 Å². The van der Waals surface area contributed by atoms with Gasteiger partial charge in [0.05, 0.1) is 6.54 Å². The largest absolute Gasteiger partial charge is 0.448 e. The molecular weight excluding hydrogens is 254 g/mol. The number of carbonyl (C=O) groups is 2. The molecule has 1 aromatic heterocycles. The van der Waals surface area contributed by atoms with Crippen molar-refractivity contribution in [1.82, 2.24) is 9.88 Å². The van der Waals surface area contributed by atoms with E-state index in [2.05, 4.69) is 10.3 Å². The van der Waals surface area contributed by atoms with Crippen LogP contribution < -0.4 is 5.32 Å². The lowest BCUT2D eigenvalue weighted by Crippen LogP contribution is -2.26. The summed E-state index contributed by atoms with van der Waals surface area (Å²) < 4.78 is 4.80. The second-order valence-corrected chi connectivity index (χ2v) is 5.26. The zero-order valence-corrected chi connectivity index (χ0v) is 11.0. The van der Waals surface area contributed by atoms with Crippen molar-refractivity contribution in [3.05, 3.63) is 11.1 Å². The van der Waals surface area contributed by atoms with Crippen LogP contribution in [-0.2, 0) is 9.53 Å². The number of anilines is 1. The molecule has 0 aliphatic carbocycles. The molecule has 1 saturated heterocycles. The van der Waals surface area contributed by atoms with E-state index in [0.29, 0.717) is 37.7 Å². The van der Waals surface area contributed by atoms with Gasteiger partial charge in [-0.15, -0.1) is 11.3 Å². The molecule has 98 valence electrons. The fourth-order valence-electron chi connectivity index (χ4n) is 1.65. The molecule has 1 aliphatic rings. The van der Waals surface area contributed by atoms with Gasteiger partial charge in [-0.1, -0.05) is 0 Å². The van der Waals surface area contributed by atoms with E-state index in [1.807, 2.05) is 6.92 Å². The highest BCUT2D eigenvalue weighted by Crippen LogP contribution is 2.16. The molecule has 7 heteroatoms. The second-order valence-electron chi connectivity index (χ2n) is 4.03. The van der Waals surface area contributed by atoms with Crippen molar-refractivity contribution < 1.29 is 14.3 Å². The van der Waals surface area contributed by atoms with Crippen molar-refractivity contribution in [1.29, 1.82) is 0 Å². The molecule has 0 unspecified atom stereocenters. The maximum Gasteiger partial charge on any atom is 0.409 e. The Labute approximate surface area is 109 Å². The molecule has 0 aromatic carbocycles. The molecule has 0 saturated carbocycles. The summed E-state index contributed by atoms with van der Waals surface area (Å²) in [6, 6.07) is 0. The zero-order chi connectivity index (χ0) is 13.0. The van der Waals surface area contributed by atoms with Crippen LogP contribution in [0.25, 0.3) is 0 Å². The molecule has 0 atom stereocenters. The number of hydrogen-bond donors (Lipinski definition) is 1. The predicted molar refractivity (Wildman–Crippen MR) is 67.6 cm³/mol. The van der Waals surface area contributed by atoms with Crippen LogP contribution in [-0.4, -0.2) is 41.6 Å². The second kappa shape index (κ2) is 5.81. The Morgan fingerprint density at radius 3 is 3.11 bits per heavy atom. The molecule has 6 nitrogen and oxygen atoms in total. The van der Waals surface area contributed by atoms with Crippen LogP contribution in [0.4, 0.5) is 9.93 Å². The number of aromatic nitrogens is 1. The minimum absolute atomic E-state index is 0.0723. The van der Waals surface area contributed by atoms with E-state index in [1.165, 1.54) is 11.3 Å². The number of rotatable bonds is 5. The first-order valence-corrected chi connectivity index (χ1v) is 6.61. The van der Waals surface area contributed by atoms with E-state index in [-0.39, 0.29) is 12.0 Å². The number of ether oxygens (including phenoxy) is 1. The van der Waals surface area contributed by atoms with Gasteiger partial charge in [0.15, 0.2) is 5.13 Å². The summed E-state index contributed by atoms with van der Waals surface area (Å²) >= 11 is 1.45. The third-order valence-electron chi connectivity index (χ3n) is 2.54. The number of cyclic esters (lactones) is 1. The van der Waals surface area contributed by atoms with Crippen molar-refractivity contribution >= 4 is 28.5 Å². The van der Waals surface area contributed by atoms with Crippen LogP contribution in [0.5, 0.6) is 0 Å². The van der Waals surface area contributed by atoms with E-state index >= 15 is 0 Å². The number of nitrogens with zero attached hydrogens (tertiary/aromatic N) is 2. The van der Waals surface area contributed by atoms with Crippen LogP contribution in [0.3, 0.4) is 0 Å². The number of amides is 2. The van der Waals surface area contributed by atoms with E-state index in [0.717, 1.165) is 4.88 Å². The van der Waals surface area contributed by atoms with Crippen LogP contribution in [0, 0.1) is 6.92 Å². The van der Waals surface area contributed by atoms with Crippen LogP contribution in [0.15, 0.2) is 6.20 Å². The Morgan fingerprint density at radius 1 is 1.67 bits per heavy atom. The normalized spacial score (nSPS) is 14.7. The molecule has 1 aromatic rings. The maximum absolute atomic E-state index is 11.6. The molecule has 1 fully saturated rings. The lowest BCUT2D eigenvalue weighted by Gasteiger charge is -2.11. The standard InChI is InChI=1S/C11H15N3O3S/c1-8-7-12-10(18-8)13-9(15)3-2-4-14-5-6-17-11(14)16/h7H,2-6H2,1H3,(H,12,13,15). The van der Waals surface area contributed by atoms with Crippen LogP contribution in [0.2, 0.25) is 0 Å². The topological polar surface area (TPSA) is 71.5 Å². The highest BCUT2D eigenvalue weighted by molar-refractivity contribution is 7.15. The molecule has 0 radical (unpaired) electrons. The van der Waals surface area contributed by atoms with Gasteiger partial charge >= 0.3 is 6.09 Å². The highest BCUT2D eigenvalue weighted by atomic mass is 32.1. The molecule has 0 spiro atoms. The minimum Gasteiger partial charge on any atom is -0.448 e. The van der Waals surface area contributed by atoms with Gasteiger partial charge < -0.3 is 15.0 Å². The summed E-state index contributed by atoms with van der Waals surface area (Å²) in [6.07, 6.45) is 2.44. The average Bonchev–Trinajstić information content (AvgIpc) is 2.89. The van der Waals surface area contributed by atoms with Gasteiger partial charge in [-0.3, -0.25) is 4.79 Å². The van der Waals surface area contributed by atoms with Gasteiger partial charge in [-0.05, 0) is 13.3 Å². The summed E-state index contributed by atoms with van der Waals surface area (Å²) in [6.45, 7) is 3.56. The first-order valence-electron chi connectivity index (χ1n) is 5.79. The van der Waals surface area contributed by atoms with Crippen molar-refractivity contribution in [3.8, 4) is 0 Å². The fraction of sp³-hybridized carbons (Fsp3) is 0.545. The summed E-state index contributed by atoms with van der Waals surface area (Å²) in [5, 5.41) is 3.36. The Bertz CT molecular complexity index is 446. The molecule has 2 amide bonds. The molecule has 0 bridgehead atoms. The van der Waals surface area contributed by atoms with Crippen LogP contribution in [0.1, 0.15) is 17.7 Å². The van der Waals surface area contributed by atoms with E-state index in [9.17, 15) is 9.59 Å². The highest BCUT2D eigenvalue weighted by Gasteiger charge is 2.21. The lowest BCUT2D eigenvalue weighted by molar-refractivity contribution is -0.116. The van der Waals surface area contributed by atoms with Crippen molar-refractivity contribution in [3.63, 3.8) is 0 Å². The van der Waals surface area contributed by atoms with Crippen molar-refractivity contribution in [2.45, 2.75) is 19.8 Å². The van der Waals surface area contributed by atoms with Crippen LogP contribution >= 0.6 is 11.3 Å². The number of hydrogen-bond acceptors (Lipinski definition) is 5. The molecular formula is C11H15N3O3S. The number of aryl methyl sites for hydroxylation is 1. The first-order chi connectivity index (χ1) is 8.65. The number of carbonyl (C=O) groups excluding carboxylic acids is 2. The Kier molecular flexibility index (Phi) is 4.14. The summed E-state index contributed by atoms with van der Waals surface area (Å²) in [4.78, 5) is 29.5. The SMILES string of the molecule is Cc1cnc(NC(=O)CCCN2CCOC2=O)s1. The monoisotopic (exact) mass is 269 g/mol. The predicted octanol–water partition coefficient (Wildman–Crippen LogP) is 1.62. The van der Waals surface area contributed by atoms with Crippen molar-refractivity contribution in [2.75, 3.05) is 25.0 Å².